The second-order valence-corrected chi connectivity index (χ2v) is 3.68. The van der Waals surface area contributed by atoms with E-state index in [0.29, 0.717) is 6.54 Å². The Morgan fingerprint density at radius 3 is 3.07 bits per heavy atom. The van der Waals surface area contributed by atoms with Crippen molar-refractivity contribution in [2.24, 2.45) is 0 Å². The van der Waals surface area contributed by atoms with Gasteiger partial charge >= 0.3 is 0 Å². The molecule has 3 heteroatoms. The minimum atomic E-state index is -0.0201. The molecule has 3 nitrogen and oxygen atoms in total. The van der Waals surface area contributed by atoms with Crippen LogP contribution in [0.25, 0.3) is 0 Å². The van der Waals surface area contributed by atoms with E-state index in [-0.39, 0.29) is 5.91 Å². The largest absolute Gasteiger partial charge is 0.493 e. The van der Waals surface area contributed by atoms with Crippen molar-refractivity contribution in [1.29, 1.82) is 0 Å². The predicted octanol–water partition coefficient (Wildman–Crippen LogP) is 1.68. The smallest absolute Gasteiger partial charge is 0.251 e. The summed E-state index contributed by atoms with van der Waals surface area (Å²) in [5.74, 6) is 0.882. The number of carbonyl (C=O) groups excluding carboxylic acids is 1. The Kier molecular flexibility index (Phi) is 2.62. The molecule has 0 unspecified atom stereocenters. The molecule has 0 spiro atoms. The standard InChI is InChI=1S/C12H15NO2/c1-3-13-12(14)10-5-4-9-6-7-15-11(9)8(10)2/h4-5H,3,6-7H2,1-2H3,(H,13,14). The molecule has 0 bridgehead atoms. The fourth-order valence-corrected chi connectivity index (χ4v) is 1.91. The van der Waals surface area contributed by atoms with Gasteiger partial charge in [-0.25, -0.2) is 0 Å². The number of hydrogen-bond donors (Lipinski definition) is 1. The molecule has 2 rings (SSSR count). The first-order valence-corrected chi connectivity index (χ1v) is 5.27. The van der Waals surface area contributed by atoms with Crippen molar-refractivity contribution in [1.82, 2.24) is 5.32 Å². The van der Waals surface area contributed by atoms with Crippen molar-refractivity contribution in [3.05, 3.63) is 28.8 Å². The minimum absolute atomic E-state index is 0.0201. The highest BCUT2D eigenvalue weighted by Gasteiger charge is 2.19. The van der Waals surface area contributed by atoms with Gasteiger partial charge in [-0.1, -0.05) is 6.07 Å². The molecule has 1 amide bonds. The second kappa shape index (κ2) is 3.93. The molecule has 1 aromatic rings. The van der Waals surface area contributed by atoms with Crippen molar-refractivity contribution in [3.63, 3.8) is 0 Å². The lowest BCUT2D eigenvalue weighted by Crippen LogP contribution is -2.23. The van der Waals surface area contributed by atoms with E-state index in [4.69, 9.17) is 4.74 Å². The molecule has 0 aromatic heterocycles. The fraction of sp³-hybridized carbons (Fsp3) is 0.417. The van der Waals surface area contributed by atoms with Crippen molar-refractivity contribution in [2.45, 2.75) is 20.3 Å². The van der Waals surface area contributed by atoms with Gasteiger partial charge in [-0.05, 0) is 25.5 Å². The number of hydrogen-bond acceptors (Lipinski definition) is 2. The topological polar surface area (TPSA) is 38.3 Å². The number of rotatable bonds is 2. The van der Waals surface area contributed by atoms with E-state index in [1.807, 2.05) is 26.0 Å². The highest BCUT2D eigenvalue weighted by molar-refractivity contribution is 5.96. The number of ether oxygens (including phenoxy) is 1. The van der Waals surface area contributed by atoms with Gasteiger partial charge in [0.2, 0.25) is 0 Å². The summed E-state index contributed by atoms with van der Waals surface area (Å²) in [4.78, 5) is 11.7. The highest BCUT2D eigenvalue weighted by atomic mass is 16.5. The van der Waals surface area contributed by atoms with Gasteiger partial charge in [-0.3, -0.25) is 4.79 Å². The van der Waals surface area contributed by atoms with E-state index in [0.717, 1.165) is 29.9 Å². The lowest BCUT2D eigenvalue weighted by Gasteiger charge is -2.09. The van der Waals surface area contributed by atoms with Gasteiger partial charge in [0.25, 0.3) is 5.91 Å². The molecule has 15 heavy (non-hydrogen) atoms. The summed E-state index contributed by atoms with van der Waals surface area (Å²) in [5, 5.41) is 2.80. The predicted molar refractivity (Wildman–Crippen MR) is 58.4 cm³/mol. The Balaban J connectivity index is 2.38. The van der Waals surface area contributed by atoms with E-state index in [1.165, 1.54) is 5.56 Å². The zero-order valence-electron chi connectivity index (χ0n) is 9.09. The Morgan fingerprint density at radius 1 is 1.53 bits per heavy atom. The average Bonchev–Trinajstić information content (AvgIpc) is 2.67. The number of nitrogens with one attached hydrogen (secondary N) is 1. The summed E-state index contributed by atoms with van der Waals surface area (Å²) in [6.45, 7) is 5.23. The van der Waals surface area contributed by atoms with Gasteiger partial charge in [-0.2, -0.15) is 0 Å². The molecule has 0 saturated heterocycles. The van der Waals surface area contributed by atoms with Gasteiger partial charge in [0.05, 0.1) is 6.61 Å². The molecule has 1 N–H and O–H groups in total. The molecule has 1 aromatic carbocycles. The van der Waals surface area contributed by atoms with Crippen LogP contribution in [0.5, 0.6) is 5.75 Å². The van der Waals surface area contributed by atoms with Gasteiger partial charge in [-0.15, -0.1) is 0 Å². The molecule has 0 aliphatic carbocycles. The molecular weight excluding hydrogens is 190 g/mol. The van der Waals surface area contributed by atoms with Crippen LogP contribution in [0, 0.1) is 6.92 Å². The molecule has 0 saturated carbocycles. The van der Waals surface area contributed by atoms with E-state index in [9.17, 15) is 4.79 Å². The van der Waals surface area contributed by atoms with Crippen molar-refractivity contribution >= 4 is 5.91 Å². The van der Waals surface area contributed by atoms with Crippen LogP contribution < -0.4 is 10.1 Å². The van der Waals surface area contributed by atoms with Gasteiger partial charge in [0.1, 0.15) is 5.75 Å². The lowest BCUT2D eigenvalue weighted by molar-refractivity contribution is 0.0955. The van der Waals surface area contributed by atoms with Crippen molar-refractivity contribution in [2.75, 3.05) is 13.2 Å². The van der Waals surface area contributed by atoms with Crippen molar-refractivity contribution < 1.29 is 9.53 Å². The Labute approximate surface area is 89.4 Å². The first-order valence-electron chi connectivity index (χ1n) is 5.27. The van der Waals surface area contributed by atoms with Crippen LogP contribution >= 0.6 is 0 Å². The van der Waals surface area contributed by atoms with E-state index >= 15 is 0 Å². The minimum Gasteiger partial charge on any atom is -0.493 e. The number of amides is 1. The van der Waals surface area contributed by atoms with Crippen LogP contribution in [0.2, 0.25) is 0 Å². The van der Waals surface area contributed by atoms with E-state index in [1.54, 1.807) is 0 Å². The first-order chi connectivity index (χ1) is 7.24. The first kappa shape index (κ1) is 10.0. The summed E-state index contributed by atoms with van der Waals surface area (Å²) in [7, 11) is 0. The number of benzene rings is 1. The molecular formula is C12H15NO2. The maximum absolute atomic E-state index is 11.7. The number of carbonyl (C=O) groups is 1. The van der Waals surface area contributed by atoms with Crippen LogP contribution in [0.1, 0.15) is 28.4 Å². The zero-order chi connectivity index (χ0) is 10.8. The van der Waals surface area contributed by atoms with Crippen LogP contribution in [-0.4, -0.2) is 19.1 Å². The zero-order valence-corrected chi connectivity index (χ0v) is 9.09. The van der Waals surface area contributed by atoms with Crippen LogP contribution in [0.15, 0.2) is 12.1 Å². The van der Waals surface area contributed by atoms with Crippen LogP contribution in [-0.2, 0) is 6.42 Å². The highest BCUT2D eigenvalue weighted by Crippen LogP contribution is 2.31. The summed E-state index contributed by atoms with van der Waals surface area (Å²) < 4.78 is 5.52. The maximum atomic E-state index is 11.7. The third kappa shape index (κ3) is 1.69. The number of fused-ring (bicyclic) bond motifs is 1. The average molecular weight is 205 g/mol. The van der Waals surface area contributed by atoms with E-state index in [2.05, 4.69) is 5.32 Å². The van der Waals surface area contributed by atoms with Gasteiger partial charge in [0, 0.05) is 24.1 Å². The summed E-state index contributed by atoms with van der Waals surface area (Å²) in [6.07, 6.45) is 0.950. The Morgan fingerprint density at radius 2 is 2.33 bits per heavy atom. The fourth-order valence-electron chi connectivity index (χ4n) is 1.91. The van der Waals surface area contributed by atoms with Crippen LogP contribution in [0.3, 0.4) is 0 Å². The maximum Gasteiger partial charge on any atom is 0.251 e. The summed E-state index contributed by atoms with van der Waals surface area (Å²) in [5.41, 5.74) is 2.88. The normalized spacial score (nSPS) is 13.2. The Bertz CT molecular complexity index is 399. The quantitative estimate of drug-likeness (QED) is 0.797. The van der Waals surface area contributed by atoms with Crippen molar-refractivity contribution in [3.8, 4) is 5.75 Å². The third-order valence-corrected chi connectivity index (χ3v) is 2.69. The molecule has 1 heterocycles. The van der Waals surface area contributed by atoms with Gasteiger partial charge in [0.15, 0.2) is 0 Å². The Hall–Kier alpha value is -1.51. The van der Waals surface area contributed by atoms with Gasteiger partial charge < -0.3 is 10.1 Å². The summed E-state index contributed by atoms with van der Waals surface area (Å²) in [6, 6.07) is 3.87. The molecule has 0 radical (unpaired) electrons. The van der Waals surface area contributed by atoms with E-state index < -0.39 is 0 Å². The SMILES string of the molecule is CCNC(=O)c1ccc2c(c1C)OCC2. The molecule has 1 aliphatic rings. The molecule has 1 aliphatic heterocycles. The molecule has 0 fully saturated rings. The monoisotopic (exact) mass is 205 g/mol. The lowest BCUT2D eigenvalue weighted by atomic mass is 10.0. The third-order valence-electron chi connectivity index (χ3n) is 2.69. The molecule has 0 atom stereocenters. The van der Waals surface area contributed by atoms with Crippen LogP contribution in [0.4, 0.5) is 0 Å². The molecule has 80 valence electrons. The summed E-state index contributed by atoms with van der Waals surface area (Å²) >= 11 is 0. The second-order valence-electron chi connectivity index (χ2n) is 3.68.